The Morgan fingerprint density at radius 1 is 0.950 bits per heavy atom. The van der Waals surface area contributed by atoms with Crippen LogP contribution < -0.4 is 14.4 Å². The summed E-state index contributed by atoms with van der Waals surface area (Å²) in [6.45, 7) is 6.92. The maximum atomic E-state index is 14.1. The van der Waals surface area contributed by atoms with Crippen LogP contribution in [0.2, 0.25) is 5.02 Å². The average molecular weight is 586 g/mol. The molecular formula is C30H36ClN3O5S. The lowest BCUT2D eigenvalue weighted by Gasteiger charge is -2.35. The van der Waals surface area contributed by atoms with Crippen LogP contribution in [0.15, 0.2) is 83.8 Å². The number of anilines is 1. The van der Waals surface area contributed by atoms with Crippen molar-refractivity contribution in [1.82, 2.24) is 10.2 Å². The number of ether oxygens (including phenoxy) is 1. The molecule has 0 saturated heterocycles. The Morgan fingerprint density at radius 2 is 1.55 bits per heavy atom. The number of carbonyl (C=O) groups excluding carboxylic acids is 2. The summed E-state index contributed by atoms with van der Waals surface area (Å²) in [6, 6.07) is 20.6. The van der Waals surface area contributed by atoms with Crippen molar-refractivity contribution in [2.24, 2.45) is 0 Å². The Hall–Kier alpha value is -3.56. The fourth-order valence-corrected chi connectivity index (χ4v) is 5.93. The van der Waals surface area contributed by atoms with Crippen molar-refractivity contribution in [1.29, 1.82) is 0 Å². The molecule has 0 unspecified atom stereocenters. The van der Waals surface area contributed by atoms with E-state index in [4.69, 9.17) is 16.3 Å². The summed E-state index contributed by atoms with van der Waals surface area (Å²) in [4.78, 5) is 28.9. The van der Waals surface area contributed by atoms with E-state index < -0.39 is 34.1 Å². The topological polar surface area (TPSA) is 96.0 Å². The quantitative estimate of drug-likeness (QED) is 0.331. The van der Waals surface area contributed by atoms with E-state index in [1.165, 1.54) is 17.0 Å². The number of nitrogens with one attached hydrogen (secondary N) is 1. The lowest BCUT2D eigenvalue weighted by atomic mass is 10.1. The van der Waals surface area contributed by atoms with Gasteiger partial charge in [0, 0.05) is 12.1 Å². The number of halogens is 1. The normalized spacial score (nSPS) is 12.3. The average Bonchev–Trinajstić information content (AvgIpc) is 2.91. The van der Waals surface area contributed by atoms with Crippen LogP contribution in [0.5, 0.6) is 5.75 Å². The molecule has 0 aliphatic heterocycles. The van der Waals surface area contributed by atoms with Gasteiger partial charge in [0.2, 0.25) is 11.8 Å². The van der Waals surface area contributed by atoms with Gasteiger partial charge in [-0.25, -0.2) is 8.42 Å². The molecule has 1 N–H and O–H groups in total. The highest BCUT2D eigenvalue weighted by Gasteiger charge is 2.35. The van der Waals surface area contributed by atoms with Gasteiger partial charge < -0.3 is 15.0 Å². The van der Waals surface area contributed by atoms with Gasteiger partial charge in [-0.2, -0.15) is 0 Å². The van der Waals surface area contributed by atoms with Gasteiger partial charge in [-0.1, -0.05) is 61.0 Å². The lowest BCUT2D eigenvalue weighted by molar-refractivity contribution is -0.141. The summed E-state index contributed by atoms with van der Waals surface area (Å²) in [6.07, 6.45) is 0.321. The van der Waals surface area contributed by atoms with E-state index in [1.54, 1.807) is 73.8 Å². The van der Waals surface area contributed by atoms with Crippen molar-refractivity contribution in [3.8, 4) is 5.75 Å². The standard InChI is InChI=1S/C30H36ClN3O5S/c1-6-26(29(36)32-30(2,3)4)33(20-22-16-18-23(39-5)19-17-22)28(35)21-34(27-15-11-10-14-25(27)31)40(37,38)24-12-8-7-9-13-24/h7-19,26H,6,20-21H2,1-5H3,(H,32,36)/t26-/m0/s1. The fourth-order valence-electron chi connectivity index (χ4n) is 4.19. The van der Waals surface area contributed by atoms with Crippen molar-refractivity contribution in [3.05, 3.63) is 89.4 Å². The Labute approximate surface area is 241 Å². The molecule has 0 aliphatic rings. The number of para-hydroxylation sites is 1. The Balaban J connectivity index is 2.07. The second-order valence-electron chi connectivity index (χ2n) is 10.3. The first-order valence-electron chi connectivity index (χ1n) is 12.9. The molecule has 0 saturated carbocycles. The molecule has 0 spiro atoms. The summed E-state index contributed by atoms with van der Waals surface area (Å²) in [5, 5.41) is 3.13. The zero-order valence-corrected chi connectivity index (χ0v) is 25.0. The Bertz CT molecular complexity index is 1410. The van der Waals surface area contributed by atoms with Gasteiger partial charge in [0.25, 0.3) is 10.0 Å². The van der Waals surface area contributed by atoms with Gasteiger partial charge >= 0.3 is 0 Å². The zero-order valence-electron chi connectivity index (χ0n) is 23.4. The molecule has 0 radical (unpaired) electrons. The van der Waals surface area contributed by atoms with Crippen molar-refractivity contribution in [3.63, 3.8) is 0 Å². The third kappa shape index (κ3) is 7.76. The summed E-state index contributed by atoms with van der Waals surface area (Å²) >= 11 is 6.44. The predicted octanol–water partition coefficient (Wildman–Crippen LogP) is 5.27. The van der Waals surface area contributed by atoms with Crippen LogP contribution in [0.4, 0.5) is 5.69 Å². The number of carbonyl (C=O) groups is 2. The van der Waals surface area contributed by atoms with E-state index in [1.807, 2.05) is 27.7 Å². The van der Waals surface area contributed by atoms with E-state index in [0.717, 1.165) is 9.87 Å². The van der Waals surface area contributed by atoms with Crippen LogP contribution >= 0.6 is 11.6 Å². The molecule has 3 rings (SSSR count). The van der Waals surface area contributed by atoms with Crippen LogP contribution in [0.25, 0.3) is 0 Å². The van der Waals surface area contributed by atoms with Gasteiger partial charge in [0.15, 0.2) is 0 Å². The molecule has 40 heavy (non-hydrogen) atoms. The van der Waals surface area contributed by atoms with E-state index in [0.29, 0.717) is 12.2 Å². The molecule has 0 fully saturated rings. The summed E-state index contributed by atoms with van der Waals surface area (Å²) in [5.41, 5.74) is 0.392. The molecule has 3 aromatic carbocycles. The second kappa shape index (κ2) is 13.2. The van der Waals surface area contributed by atoms with Crippen LogP contribution in [-0.2, 0) is 26.2 Å². The highest BCUT2D eigenvalue weighted by atomic mass is 35.5. The molecular weight excluding hydrogens is 550 g/mol. The summed E-state index contributed by atoms with van der Waals surface area (Å²) in [5.74, 6) is -0.226. The van der Waals surface area contributed by atoms with E-state index >= 15 is 0 Å². The number of hydrogen-bond acceptors (Lipinski definition) is 5. The molecule has 0 heterocycles. The number of rotatable bonds is 11. The minimum absolute atomic E-state index is 0.0157. The van der Waals surface area contributed by atoms with Crippen molar-refractivity contribution in [2.75, 3.05) is 18.0 Å². The van der Waals surface area contributed by atoms with Gasteiger partial charge in [0.05, 0.1) is 22.7 Å². The molecule has 8 nitrogen and oxygen atoms in total. The molecule has 10 heteroatoms. The van der Waals surface area contributed by atoms with Crippen LogP contribution in [0.1, 0.15) is 39.7 Å². The summed E-state index contributed by atoms with van der Waals surface area (Å²) < 4.78 is 33.9. The number of hydrogen-bond donors (Lipinski definition) is 1. The van der Waals surface area contributed by atoms with Crippen molar-refractivity contribution in [2.45, 2.75) is 57.1 Å². The Kier molecular flexibility index (Phi) is 10.2. The van der Waals surface area contributed by atoms with Crippen molar-refractivity contribution < 1.29 is 22.7 Å². The minimum atomic E-state index is -4.18. The van der Waals surface area contributed by atoms with Crippen LogP contribution in [0.3, 0.4) is 0 Å². The number of benzene rings is 3. The number of methoxy groups -OCH3 is 1. The maximum Gasteiger partial charge on any atom is 0.264 e. The largest absolute Gasteiger partial charge is 0.497 e. The SMILES string of the molecule is CC[C@@H](C(=O)NC(C)(C)C)N(Cc1ccc(OC)cc1)C(=O)CN(c1ccccc1Cl)S(=O)(=O)c1ccccc1. The third-order valence-electron chi connectivity index (χ3n) is 6.13. The minimum Gasteiger partial charge on any atom is -0.497 e. The Morgan fingerprint density at radius 3 is 2.10 bits per heavy atom. The number of nitrogens with zero attached hydrogens (tertiary/aromatic N) is 2. The third-order valence-corrected chi connectivity index (χ3v) is 8.22. The van der Waals surface area contributed by atoms with Gasteiger partial charge in [-0.05, 0) is 69.2 Å². The van der Waals surface area contributed by atoms with E-state index in [-0.39, 0.29) is 28.1 Å². The number of amides is 2. The zero-order chi connectivity index (χ0) is 29.5. The number of sulfonamides is 1. The monoisotopic (exact) mass is 585 g/mol. The highest BCUT2D eigenvalue weighted by Crippen LogP contribution is 2.31. The smallest absolute Gasteiger partial charge is 0.264 e. The molecule has 1 atom stereocenters. The molecule has 2 amide bonds. The first kappa shape index (κ1) is 31.0. The fraction of sp³-hybridized carbons (Fsp3) is 0.333. The van der Waals surface area contributed by atoms with Crippen LogP contribution in [0, 0.1) is 0 Å². The van der Waals surface area contributed by atoms with Gasteiger partial charge in [-0.15, -0.1) is 0 Å². The van der Waals surface area contributed by atoms with Crippen LogP contribution in [-0.4, -0.2) is 50.4 Å². The first-order valence-corrected chi connectivity index (χ1v) is 14.8. The lowest BCUT2D eigenvalue weighted by Crippen LogP contribution is -2.55. The highest BCUT2D eigenvalue weighted by molar-refractivity contribution is 7.92. The van der Waals surface area contributed by atoms with Crippen molar-refractivity contribution >= 4 is 39.1 Å². The molecule has 0 aromatic heterocycles. The first-order chi connectivity index (χ1) is 18.9. The molecule has 214 valence electrons. The molecule has 0 bridgehead atoms. The van der Waals surface area contributed by atoms with Gasteiger partial charge in [-0.3, -0.25) is 13.9 Å². The predicted molar refractivity (Wildman–Crippen MR) is 158 cm³/mol. The molecule has 0 aliphatic carbocycles. The molecule has 3 aromatic rings. The van der Waals surface area contributed by atoms with E-state index in [9.17, 15) is 18.0 Å². The van der Waals surface area contributed by atoms with Gasteiger partial charge in [0.1, 0.15) is 18.3 Å². The second-order valence-corrected chi connectivity index (χ2v) is 12.6. The maximum absolute atomic E-state index is 14.1. The summed E-state index contributed by atoms with van der Waals surface area (Å²) in [7, 11) is -2.62. The van der Waals surface area contributed by atoms with E-state index in [2.05, 4.69) is 5.32 Å².